The number of pyridine rings is 1. The third kappa shape index (κ3) is 7.01. The van der Waals surface area contributed by atoms with Crippen LogP contribution in [-0.4, -0.2) is 9.55 Å². The Labute approximate surface area is 356 Å². The summed E-state index contributed by atoms with van der Waals surface area (Å²) >= 11 is 0. The second-order valence-electron chi connectivity index (χ2n) is 15.6. The lowest BCUT2D eigenvalue weighted by Gasteiger charge is -2.12. The molecule has 0 atom stereocenters. The fourth-order valence-electron chi connectivity index (χ4n) is 8.70. The van der Waals surface area contributed by atoms with E-state index in [0.29, 0.717) is 0 Å². The van der Waals surface area contributed by atoms with Gasteiger partial charge in [-0.25, -0.2) is 4.98 Å². The van der Waals surface area contributed by atoms with Crippen LogP contribution in [0.25, 0.3) is 106 Å². The van der Waals surface area contributed by atoms with Gasteiger partial charge in [-0.2, -0.15) is 0 Å². The van der Waals surface area contributed by atoms with Crippen molar-refractivity contribution in [1.82, 2.24) is 9.55 Å². The van der Waals surface area contributed by atoms with Gasteiger partial charge in [-0.3, -0.25) is 0 Å². The zero-order valence-electron chi connectivity index (χ0n) is 33.5. The van der Waals surface area contributed by atoms with Crippen LogP contribution in [0.2, 0.25) is 0 Å². The van der Waals surface area contributed by atoms with Crippen molar-refractivity contribution in [1.29, 1.82) is 0 Å². The van der Waals surface area contributed by atoms with Crippen LogP contribution in [0.5, 0.6) is 0 Å². The van der Waals surface area contributed by atoms with Crippen molar-refractivity contribution in [3.05, 3.63) is 243 Å². The summed E-state index contributed by atoms with van der Waals surface area (Å²) in [5.41, 5.74) is 19.6. The Morgan fingerprint density at radius 2 is 0.557 bits per heavy atom. The number of fused-ring (bicyclic) bond motifs is 3. The van der Waals surface area contributed by atoms with Crippen molar-refractivity contribution >= 4 is 21.8 Å². The third-order valence-corrected chi connectivity index (χ3v) is 11.8. The predicted octanol–water partition coefficient (Wildman–Crippen LogP) is 15.8. The molecule has 0 unspecified atom stereocenters. The molecule has 0 N–H and O–H groups in total. The molecule has 0 bridgehead atoms. The highest BCUT2D eigenvalue weighted by molar-refractivity contribution is 6.09. The maximum Gasteiger partial charge on any atom is 0.0715 e. The number of hydrogen-bond acceptors (Lipinski definition) is 1. The van der Waals surface area contributed by atoms with Gasteiger partial charge in [0.25, 0.3) is 0 Å². The first kappa shape index (κ1) is 36.0. The number of benzene rings is 9. The molecule has 2 aromatic heterocycles. The Bertz CT molecular complexity index is 3210. The van der Waals surface area contributed by atoms with Crippen LogP contribution in [0.1, 0.15) is 0 Å². The first-order chi connectivity index (χ1) is 30.2. The van der Waals surface area contributed by atoms with Gasteiger partial charge in [0.1, 0.15) is 0 Å². The number of para-hydroxylation sites is 2. The van der Waals surface area contributed by atoms with E-state index in [4.69, 9.17) is 4.98 Å². The van der Waals surface area contributed by atoms with Gasteiger partial charge < -0.3 is 4.57 Å². The molecule has 61 heavy (non-hydrogen) atoms. The van der Waals surface area contributed by atoms with E-state index in [2.05, 4.69) is 235 Å². The molecule has 0 fully saturated rings. The van der Waals surface area contributed by atoms with Gasteiger partial charge in [-0.1, -0.05) is 188 Å². The lowest BCUT2D eigenvalue weighted by molar-refractivity contribution is 1.18. The summed E-state index contributed by atoms with van der Waals surface area (Å²) in [5, 5.41) is 2.55. The van der Waals surface area contributed by atoms with Gasteiger partial charge in [0.2, 0.25) is 0 Å². The topological polar surface area (TPSA) is 17.8 Å². The minimum atomic E-state index is 0.966. The zero-order valence-corrected chi connectivity index (χ0v) is 33.5. The van der Waals surface area contributed by atoms with Crippen molar-refractivity contribution < 1.29 is 0 Å². The Morgan fingerprint density at radius 1 is 0.230 bits per heavy atom. The van der Waals surface area contributed by atoms with Crippen LogP contribution in [0, 0.1) is 0 Å². The van der Waals surface area contributed by atoms with E-state index >= 15 is 0 Å². The number of rotatable bonds is 8. The minimum absolute atomic E-state index is 0.966. The van der Waals surface area contributed by atoms with Crippen LogP contribution in [0.3, 0.4) is 0 Å². The molecular formula is C59H40N2. The summed E-state index contributed by atoms with van der Waals surface area (Å²) in [7, 11) is 0. The fourth-order valence-corrected chi connectivity index (χ4v) is 8.70. The van der Waals surface area contributed by atoms with Crippen LogP contribution in [0.4, 0.5) is 0 Å². The van der Waals surface area contributed by atoms with Gasteiger partial charge in [0, 0.05) is 27.6 Å². The van der Waals surface area contributed by atoms with Gasteiger partial charge in [0.05, 0.1) is 22.4 Å². The fraction of sp³-hybridized carbons (Fsp3) is 0. The van der Waals surface area contributed by atoms with E-state index in [0.717, 1.165) is 39.3 Å². The Hall–Kier alpha value is -8.07. The van der Waals surface area contributed by atoms with Gasteiger partial charge in [0.15, 0.2) is 0 Å². The van der Waals surface area contributed by atoms with Crippen molar-refractivity contribution in [3.8, 4) is 83.8 Å². The quantitative estimate of drug-likeness (QED) is 0.150. The maximum atomic E-state index is 5.07. The second-order valence-corrected chi connectivity index (χ2v) is 15.6. The molecule has 0 aliphatic rings. The highest BCUT2D eigenvalue weighted by Gasteiger charge is 2.13. The van der Waals surface area contributed by atoms with Crippen LogP contribution < -0.4 is 0 Å². The largest absolute Gasteiger partial charge is 0.309 e. The summed E-state index contributed by atoms with van der Waals surface area (Å²) in [6.45, 7) is 0. The van der Waals surface area contributed by atoms with E-state index in [1.54, 1.807) is 0 Å². The van der Waals surface area contributed by atoms with Crippen LogP contribution >= 0.6 is 0 Å². The van der Waals surface area contributed by atoms with Gasteiger partial charge in [-0.15, -0.1) is 0 Å². The molecule has 0 spiro atoms. The molecule has 9 aromatic carbocycles. The summed E-state index contributed by atoms with van der Waals surface area (Å²) in [5.74, 6) is 0. The van der Waals surface area contributed by atoms with Gasteiger partial charge >= 0.3 is 0 Å². The molecule has 0 aliphatic heterocycles. The SMILES string of the molecule is c1ccc(-c2cc(-c3ccc(-c4cccc(-c5cccc(-c6cccc(-c7ccc(-n8c9ccccc9c9ccccc98)cc7)c6)c5)c4)cc3)cc(-c3ccccc3)n2)cc1. The second kappa shape index (κ2) is 15.6. The summed E-state index contributed by atoms with van der Waals surface area (Å²) in [6, 6.07) is 87.1. The molecule has 11 aromatic rings. The van der Waals surface area contributed by atoms with E-state index in [1.165, 1.54) is 66.3 Å². The number of nitrogens with zero attached hydrogens (tertiary/aromatic N) is 2. The van der Waals surface area contributed by atoms with E-state index in [-0.39, 0.29) is 0 Å². The molecule has 0 aliphatic carbocycles. The van der Waals surface area contributed by atoms with E-state index < -0.39 is 0 Å². The normalized spacial score (nSPS) is 11.3. The Balaban J connectivity index is 0.861. The van der Waals surface area contributed by atoms with E-state index in [9.17, 15) is 0 Å². The lowest BCUT2D eigenvalue weighted by atomic mass is 9.94. The average molecular weight is 777 g/mol. The van der Waals surface area contributed by atoms with Crippen molar-refractivity contribution in [2.45, 2.75) is 0 Å². The van der Waals surface area contributed by atoms with Gasteiger partial charge in [-0.05, 0) is 110 Å². The predicted molar refractivity (Wildman–Crippen MR) is 257 cm³/mol. The summed E-state index contributed by atoms with van der Waals surface area (Å²) in [4.78, 5) is 5.07. The smallest absolute Gasteiger partial charge is 0.0715 e. The highest BCUT2D eigenvalue weighted by Crippen LogP contribution is 2.36. The first-order valence-corrected chi connectivity index (χ1v) is 20.9. The standard InChI is InChI=1S/C59H40N2/c1-3-14-44(15-4-1)56-39-52(40-57(60-56)45-16-5-2-6-17-45)43-30-28-41(29-31-43)46-18-11-20-48(36-46)50-22-13-23-51(38-50)49-21-12-19-47(37-49)42-32-34-53(35-33-42)61-58-26-9-7-24-54(58)55-25-8-10-27-59(55)61/h1-40H. The van der Waals surface area contributed by atoms with Crippen LogP contribution in [0.15, 0.2) is 243 Å². The Kier molecular flexibility index (Phi) is 9.22. The number of hydrogen-bond donors (Lipinski definition) is 0. The molecule has 2 heterocycles. The first-order valence-electron chi connectivity index (χ1n) is 20.9. The minimum Gasteiger partial charge on any atom is -0.309 e. The maximum absolute atomic E-state index is 5.07. The molecule has 0 saturated carbocycles. The molecular weight excluding hydrogens is 737 g/mol. The van der Waals surface area contributed by atoms with Crippen molar-refractivity contribution in [2.24, 2.45) is 0 Å². The monoisotopic (exact) mass is 776 g/mol. The van der Waals surface area contributed by atoms with Crippen molar-refractivity contribution in [3.63, 3.8) is 0 Å². The molecule has 2 nitrogen and oxygen atoms in total. The average Bonchev–Trinajstić information content (AvgIpc) is 3.69. The molecule has 0 radical (unpaired) electrons. The third-order valence-electron chi connectivity index (χ3n) is 11.8. The van der Waals surface area contributed by atoms with E-state index in [1.807, 2.05) is 12.1 Å². The molecule has 0 saturated heterocycles. The summed E-state index contributed by atoms with van der Waals surface area (Å²) in [6.07, 6.45) is 0. The number of aromatic nitrogens is 2. The lowest BCUT2D eigenvalue weighted by Crippen LogP contribution is -1.93. The molecule has 286 valence electrons. The highest BCUT2D eigenvalue weighted by atomic mass is 15.0. The Morgan fingerprint density at radius 3 is 0.984 bits per heavy atom. The molecule has 0 amide bonds. The summed E-state index contributed by atoms with van der Waals surface area (Å²) < 4.78 is 2.37. The molecule has 11 rings (SSSR count). The van der Waals surface area contributed by atoms with Crippen LogP contribution in [-0.2, 0) is 0 Å². The van der Waals surface area contributed by atoms with Crippen molar-refractivity contribution in [2.75, 3.05) is 0 Å². The zero-order chi connectivity index (χ0) is 40.5. The molecule has 2 heteroatoms.